The Balaban J connectivity index is 2.30. The number of nitrogens with zero attached hydrogens (tertiary/aromatic N) is 2. The van der Waals surface area contributed by atoms with Gasteiger partial charge in [-0.1, -0.05) is 19.1 Å². The maximum atomic E-state index is 12.4. The number of aromatic nitrogens is 2. The van der Waals surface area contributed by atoms with Crippen molar-refractivity contribution in [2.45, 2.75) is 26.6 Å². The van der Waals surface area contributed by atoms with Gasteiger partial charge >= 0.3 is 12.1 Å². The van der Waals surface area contributed by atoms with Gasteiger partial charge in [-0.25, -0.2) is 19.1 Å². The van der Waals surface area contributed by atoms with E-state index >= 15 is 0 Å². The summed E-state index contributed by atoms with van der Waals surface area (Å²) in [5, 5.41) is 5.23. The van der Waals surface area contributed by atoms with Crippen molar-refractivity contribution < 1.29 is 19.1 Å². The Morgan fingerprint density at radius 2 is 2.09 bits per heavy atom. The Morgan fingerprint density at radius 1 is 1.35 bits per heavy atom. The maximum absolute atomic E-state index is 12.4. The zero-order valence-electron chi connectivity index (χ0n) is 13.3. The molecule has 2 amide bonds. The number of imidazole rings is 1. The molecule has 1 heterocycles. The number of fused-ring (bicyclic) bond motifs is 1. The fourth-order valence-corrected chi connectivity index (χ4v) is 1.95. The van der Waals surface area contributed by atoms with Crippen LogP contribution >= 0.6 is 0 Å². The molecule has 23 heavy (non-hydrogen) atoms. The lowest BCUT2D eigenvalue weighted by molar-refractivity contribution is -0.0630. The predicted molar refractivity (Wildman–Crippen MR) is 85.4 cm³/mol. The molecule has 0 bridgehead atoms. The van der Waals surface area contributed by atoms with E-state index < -0.39 is 12.4 Å². The van der Waals surface area contributed by atoms with Gasteiger partial charge in [0.05, 0.1) is 11.0 Å². The second kappa shape index (κ2) is 7.59. The quantitative estimate of drug-likeness (QED) is 0.826. The number of ether oxygens (including phenoxy) is 2. The van der Waals surface area contributed by atoms with Crippen LogP contribution in [0.25, 0.3) is 11.0 Å². The van der Waals surface area contributed by atoms with E-state index in [9.17, 15) is 9.59 Å². The first-order chi connectivity index (χ1) is 11.1. The van der Waals surface area contributed by atoms with Crippen LogP contribution < -0.4 is 10.6 Å². The molecule has 1 atom stereocenters. The third-order valence-corrected chi connectivity index (χ3v) is 3.11. The van der Waals surface area contributed by atoms with Gasteiger partial charge in [0.1, 0.15) is 0 Å². The Kier molecular flexibility index (Phi) is 5.53. The molecule has 8 nitrogen and oxygen atoms in total. The number of carbonyl (C=O) groups is 2. The molecule has 0 fully saturated rings. The second-order valence-corrected chi connectivity index (χ2v) is 4.83. The van der Waals surface area contributed by atoms with Gasteiger partial charge in [0, 0.05) is 13.7 Å². The van der Waals surface area contributed by atoms with E-state index in [4.69, 9.17) is 9.47 Å². The van der Waals surface area contributed by atoms with Crippen LogP contribution in [0.2, 0.25) is 0 Å². The highest BCUT2D eigenvalue weighted by Gasteiger charge is 2.19. The van der Waals surface area contributed by atoms with Crippen molar-refractivity contribution in [2.75, 3.05) is 19.0 Å². The molecule has 0 saturated heterocycles. The van der Waals surface area contributed by atoms with Gasteiger partial charge in [-0.05, 0) is 25.5 Å². The molecule has 2 aromatic rings. The minimum absolute atomic E-state index is 0.0908. The van der Waals surface area contributed by atoms with Crippen molar-refractivity contribution in [3.05, 3.63) is 24.3 Å². The molecule has 0 aliphatic heterocycles. The standard InChI is InChI=1S/C15H20N4O4/c1-4-9-16-14(20)19-12-8-6-5-7-11(12)17-13(19)18-15(21)23-10(2)22-3/h5-8,10H,4,9H2,1-3H3,(H,16,20)(H,17,18,21). The number of amides is 2. The van der Waals surface area contributed by atoms with E-state index in [0.717, 1.165) is 6.42 Å². The van der Waals surface area contributed by atoms with Crippen molar-refractivity contribution in [3.63, 3.8) is 0 Å². The van der Waals surface area contributed by atoms with Crippen LogP contribution in [0.3, 0.4) is 0 Å². The van der Waals surface area contributed by atoms with E-state index in [0.29, 0.717) is 17.6 Å². The number of rotatable bonds is 5. The van der Waals surface area contributed by atoms with Gasteiger partial charge in [0.2, 0.25) is 12.2 Å². The SMILES string of the molecule is CCCNC(=O)n1c(NC(=O)OC(C)OC)nc2ccccc21. The Hall–Kier alpha value is -2.61. The van der Waals surface area contributed by atoms with Crippen LogP contribution in [0.1, 0.15) is 20.3 Å². The van der Waals surface area contributed by atoms with Crippen molar-refractivity contribution in [1.29, 1.82) is 0 Å². The number of benzene rings is 1. The monoisotopic (exact) mass is 320 g/mol. The molecule has 124 valence electrons. The van der Waals surface area contributed by atoms with Crippen molar-refractivity contribution in [3.8, 4) is 0 Å². The summed E-state index contributed by atoms with van der Waals surface area (Å²) < 4.78 is 11.1. The molecular formula is C15H20N4O4. The summed E-state index contributed by atoms with van der Waals surface area (Å²) in [6.07, 6.45) is -0.657. The highest BCUT2D eigenvalue weighted by molar-refractivity contribution is 5.96. The number of nitrogens with one attached hydrogen (secondary N) is 2. The first kappa shape index (κ1) is 16.8. The highest BCUT2D eigenvalue weighted by atomic mass is 16.7. The Bertz CT molecular complexity index is 698. The molecule has 1 unspecified atom stereocenters. The highest BCUT2D eigenvalue weighted by Crippen LogP contribution is 2.19. The largest absolute Gasteiger partial charge is 0.420 e. The lowest BCUT2D eigenvalue weighted by Gasteiger charge is -2.13. The molecule has 0 aliphatic carbocycles. The number of hydrogen-bond donors (Lipinski definition) is 2. The van der Waals surface area contributed by atoms with Gasteiger partial charge in [0.15, 0.2) is 0 Å². The number of anilines is 1. The minimum atomic E-state index is -0.751. The topological polar surface area (TPSA) is 94.5 Å². The fraction of sp³-hybridized carbons (Fsp3) is 0.400. The first-order valence-corrected chi connectivity index (χ1v) is 7.33. The zero-order chi connectivity index (χ0) is 16.8. The van der Waals surface area contributed by atoms with Gasteiger partial charge in [-0.3, -0.25) is 5.32 Å². The average molecular weight is 320 g/mol. The van der Waals surface area contributed by atoms with Gasteiger partial charge < -0.3 is 14.8 Å². The van der Waals surface area contributed by atoms with E-state index in [1.54, 1.807) is 31.2 Å². The maximum Gasteiger partial charge on any atom is 0.416 e. The van der Waals surface area contributed by atoms with Crippen molar-refractivity contribution >= 4 is 29.1 Å². The molecule has 2 rings (SSSR count). The molecule has 1 aromatic heterocycles. The van der Waals surface area contributed by atoms with Crippen LogP contribution in [0.5, 0.6) is 0 Å². The van der Waals surface area contributed by atoms with Crippen molar-refractivity contribution in [1.82, 2.24) is 14.9 Å². The van der Waals surface area contributed by atoms with E-state index in [2.05, 4.69) is 15.6 Å². The molecule has 0 aliphatic rings. The minimum Gasteiger partial charge on any atom is -0.420 e. The molecule has 0 saturated carbocycles. The molecule has 0 radical (unpaired) electrons. The summed E-state index contributed by atoms with van der Waals surface area (Å²) in [5.74, 6) is 0.0908. The summed E-state index contributed by atoms with van der Waals surface area (Å²) in [7, 11) is 1.42. The van der Waals surface area contributed by atoms with E-state index in [-0.39, 0.29) is 12.0 Å². The summed E-state index contributed by atoms with van der Waals surface area (Å²) in [4.78, 5) is 28.5. The number of hydrogen-bond acceptors (Lipinski definition) is 5. The number of carbonyl (C=O) groups excluding carboxylic acids is 2. The molecular weight excluding hydrogens is 300 g/mol. The normalized spacial score (nSPS) is 12.0. The van der Waals surface area contributed by atoms with Crippen LogP contribution in [0.4, 0.5) is 15.5 Å². The Labute approximate surface area is 133 Å². The molecule has 1 aromatic carbocycles. The third kappa shape index (κ3) is 3.98. The fourth-order valence-electron chi connectivity index (χ4n) is 1.95. The molecule has 2 N–H and O–H groups in total. The summed E-state index contributed by atoms with van der Waals surface area (Å²) in [5.41, 5.74) is 1.19. The Morgan fingerprint density at radius 3 is 2.78 bits per heavy atom. The third-order valence-electron chi connectivity index (χ3n) is 3.11. The summed E-state index contributed by atoms with van der Waals surface area (Å²) in [6.45, 7) is 4.06. The number of para-hydroxylation sites is 2. The average Bonchev–Trinajstić information content (AvgIpc) is 2.89. The van der Waals surface area contributed by atoms with E-state index in [1.165, 1.54) is 11.7 Å². The summed E-state index contributed by atoms with van der Waals surface area (Å²) in [6, 6.07) is 6.74. The van der Waals surface area contributed by atoms with Crippen LogP contribution in [-0.2, 0) is 9.47 Å². The summed E-state index contributed by atoms with van der Waals surface area (Å²) >= 11 is 0. The molecule has 8 heteroatoms. The van der Waals surface area contributed by atoms with E-state index in [1.807, 2.05) is 6.92 Å². The van der Waals surface area contributed by atoms with Gasteiger partial charge in [-0.2, -0.15) is 0 Å². The first-order valence-electron chi connectivity index (χ1n) is 7.33. The van der Waals surface area contributed by atoms with Crippen LogP contribution in [-0.4, -0.2) is 41.6 Å². The predicted octanol–water partition coefficient (Wildman–Crippen LogP) is 2.54. The second-order valence-electron chi connectivity index (χ2n) is 4.83. The van der Waals surface area contributed by atoms with Gasteiger partial charge in [-0.15, -0.1) is 0 Å². The lowest BCUT2D eigenvalue weighted by atomic mass is 10.3. The van der Waals surface area contributed by atoms with Crippen LogP contribution in [0, 0.1) is 0 Å². The van der Waals surface area contributed by atoms with Crippen molar-refractivity contribution in [2.24, 2.45) is 0 Å². The molecule has 0 spiro atoms. The van der Waals surface area contributed by atoms with Gasteiger partial charge in [0.25, 0.3) is 0 Å². The lowest BCUT2D eigenvalue weighted by Crippen LogP contribution is -2.31. The zero-order valence-corrected chi connectivity index (χ0v) is 13.3. The smallest absolute Gasteiger partial charge is 0.416 e. The van der Waals surface area contributed by atoms with Crippen LogP contribution in [0.15, 0.2) is 24.3 Å². The number of methoxy groups -OCH3 is 1.